The summed E-state index contributed by atoms with van der Waals surface area (Å²) in [6.07, 6.45) is 2.28. The van der Waals surface area contributed by atoms with E-state index in [-0.39, 0.29) is 4.90 Å². The molecule has 0 aliphatic carbocycles. The molecule has 18 heavy (non-hydrogen) atoms. The molecule has 0 saturated heterocycles. The lowest BCUT2D eigenvalue weighted by atomic mass is 10.2. The molecule has 0 aromatic heterocycles. The van der Waals surface area contributed by atoms with Crippen molar-refractivity contribution in [1.29, 1.82) is 0 Å². The minimum absolute atomic E-state index is 0.0729. The first kappa shape index (κ1) is 14.4. The summed E-state index contributed by atoms with van der Waals surface area (Å²) in [6.45, 7) is 0. The Hall–Kier alpha value is -1.70. The topological polar surface area (TPSA) is 86.7 Å². The smallest absolute Gasteiger partial charge is 0.328 e. The molecule has 98 valence electrons. The van der Waals surface area contributed by atoms with Crippen LogP contribution in [0.15, 0.2) is 35.2 Å². The molecule has 0 saturated carbocycles. The summed E-state index contributed by atoms with van der Waals surface area (Å²) in [6, 6.07) is 6.00. The van der Waals surface area contributed by atoms with Gasteiger partial charge >= 0.3 is 5.97 Å². The minimum atomic E-state index is -3.63. The Morgan fingerprint density at radius 1 is 1.39 bits per heavy atom. The summed E-state index contributed by atoms with van der Waals surface area (Å²) in [5.74, 6) is -1.09. The van der Waals surface area contributed by atoms with E-state index in [9.17, 15) is 13.2 Å². The standard InChI is InChI=1S/C11H14N2O4S/c1-13(2)12-18(16,17)10-5-3-4-9(8-10)6-7-11(14)15/h3-8,12H,1-2H3,(H,14,15)/b7-6+. The Kier molecular flexibility index (Phi) is 4.60. The van der Waals surface area contributed by atoms with E-state index in [1.54, 1.807) is 26.2 Å². The van der Waals surface area contributed by atoms with E-state index in [0.29, 0.717) is 5.56 Å². The maximum Gasteiger partial charge on any atom is 0.328 e. The van der Waals surface area contributed by atoms with Crippen LogP contribution in [0.1, 0.15) is 5.56 Å². The summed E-state index contributed by atoms with van der Waals surface area (Å²) in [7, 11) is -0.504. The monoisotopic (exact) mass is 270 g/mol. The third-order valence-corrected chi connectivity index (χ3v) is 3.37. The van der Waals surface area contributed by atoms with Crippen LogP contribution < -0.4 is 4.83 Å². The number of rotatable bonds is 5. The van der Waals surface area contributed by atoms with Crippen molar-refractivity contribution in [3.8, 4) is 0 Å². The second-order valence-electron chi connectivity index (χ2n) is 3.73. The second kappa shape index (κ2) is 5.76. The van der Waals surface area contributed by atoms with E-state index in [2.05, 4.69) is 4.83 Å². The molecule has 1 aromatic carbocycles. The van der Waals surface area contributed by atoms with E-state index in [1.165, 1.54) is 23.2 Å². The molecule has 0 aliphatic rings. The number of sulfonamides is 1. The SMILES string of the molecule is CN(C)NS(=O)(=O)c1cccc(/C=C/C(=O)O)c1. The van der Waals surface area contributed by atoms with Crippen molar-refractivity contribution >= 4 is 22.1 Å². The third-order valence-electron chi connectivity index (χ3n) is 1.89. The molecule has 1 rings (SSSR count). The molecule has 7 heteroatoms. The van der Waals surface area contributed by atoms with E-state index < -0.39 is 16.0 Å². The van der Waals surface area contributed by atoms with Gasteiger partial charge in [0.15, 0.2) is 0 Å². The Morgan fingerprint density at radius 2 is 2.06 bits per heavy atom. The van der Waals surface area contributed by atoms with Gasteiger partial charge in [0.05, 0.1) is 4.90 Å². The van der Waals surface area contributed by atoms with Crippen LogP contribution in [0.5, 0.6) is 0 Å². The molecule has 1 aromatic rings. The first-order valence-corrected chi connectivity index (χ1v) is 6.50. The summed E-state index contributed by atoms with van der Waals surface area (Å²) in [5.41, 5.74) is 0.499. The lowest BCUT2D eigenvalue weighted by Gasteiger charge is -2.12. The molecule has 0 atom stereocenters. The maximum atomic E-state index is 11.8. The first-order valence-electron chi connectivity index (χ1n) is 5.02. The minimum Gasteiger partial charge on any atom is -0.478 e. The van der Waals surface area contributed by atoms with E-state index in [0.717, 1.165) is 6.08 Å². The fourth-order valence-electron chi connectivity index (χ4n) is 1.25. The van der Waals surface area contributed by atoms with Crippen molar-refractivity contribution in [3.05, 3.63) is 35.9 Å². The number of hydrogen-bond donors (Lipinski definition) is 2. The maximum absolute atomic E-state index is 11.8. The van der Waals surface area contributed by atoms with Crippen molar-refractivity contribution < 1.29 is 18.3 Å². The van der Waals surface area contributed by atoms with Gasteiger partial charge in [0, 0.05) is 20.2 Å². The number of nitrogens with one attached hydrogen (secondary N) is 1. The quantitative estimate of drug-likeness (QED) is 0.602. The van der Waals surface area contributed by atoms with Gasteiger partial charge in [-0.25, -0.2) is 18.2 Å². The van der Waals surface area contributed by atoms with Crippen LogP contribution in [0.4, 0.5) is 0 Å². The van der Waals surface area contributed by atoms with Crippen molar-refractivity contribution in [2.75, 3.05) is 14.1 Å². The fourth-order valence-corrected chi connectivity index (χ4v) is 2.38. The van der Waals surface area contributed by atoms with Gasteiger partial charge in [0.25, 0.3) is 10.0 Å². The number of hydrazine groups is 1. The van der Waals surface area contributed by atoms with Crippen LogP contribution in [0.3, 0.4) is 0 Å². The molecule has 0 unspecified atom stereocenters. The molecular weight excluding hydrogens is 256 g/mol. The van der Waals surface area contributed by atoms with Crippen molar-refractivity contribution in [1.82, 2.24) is 9.84 Å². The highest BCUT2D eigenvalue weighted by Gasteiger charge is 2.14. The van der Waals surface area contributed by atoms with Crippen LogP contribution in [0.2, 0.25) is 0 Å². The van der Waals surface area contributed by atoms with Gasteiger partial charge in [-0.1, -0.05) is 12.1 Å². The molecule has 0 fully saturated rings. The highest BCUT2D eigenvalue weighted by molar-refractivity contribution is 7.89. The van der Waals surface area contributed by atoms with Crippen LogP contribution in [-0.4, -0.2) is 38.6 Å². The van der Waals surface area contributed by atoms with Gasteiger partial charge in [-0.2, -0.15) is 0 Å². The van der Waals surface area contributed by atoms with E-state index >= 15 is 0 Å². The van der Waals surface area contributed by atoms with E-state index in [4.69, 9.17) is 5.11 Å². The van der Waals surface area contributed by atoms with Gasteiger partial charge in [-0.15, -0.1) is 4.83 Å². The van der Waals surface area contributed by atoms with Crippen molar-refractivity contribution in [2.45, 2.75) is 4.90 Å². The van der Waals surface area contributed by atoms with Crippen molar-refractivity contribution in [2.24, 2.45) is 0 Å². The van der Waals surface area contributed by atoms with Crippen molar-refractivity contribution in [3.63, 3.8) is 0 Å². The molecule has 0 bridgehead atoms. The summed E-state index contributed by atoms with van der Waals surface area (Å²) in [5, 5.41) is 9.81. The molecule has 0 radical (unpaired) electrons. The van der Waals surface area contributed by atoms with Gasteiger partial charge in [0.2, 0.25) is 0 Å². The van der Waals surface area contributed by atoms with Gasteiger partial charge in [-0.05, 0) is 23.8 Å². The largest absolute Gasteiger partial charge is 0.478 e. The van der Waals surface area contributed by atoms with Gasteiger partial charge < -0.3 is 5.11 Å². The zero-order chi connectivity index (χ0) is 13.8. The summed E-state index contributed by atoms with van der Waals surface area (Å²) < 4.78 is 23.7. The molecule has 0 spiro atoms. The molecular formula is C11H14N2O4S. The van der Waals surface area contributed by atoms with E-state index in [1.807, 2.05) is 0 Å². The Labute approximate surface area is 106 Å². The third kappa shape index (κ3) is 4.28. The highest BCUT2D eigenvalue weighted by Crippen LogP contribution is 2.12. The number of carbonyl (C=O) groups is 1. The Morgan fingerprint density at radius 3 is 2.61 bits per heavy atom. The number of aliphatic carboxylic acids is 1. The normalized spacial score (nSPS) is 12.2. The van der Waals surface area contributed by atoms with Crippen LogP contribution in [-0.2, 0) is 14.8 Å². The summed E-state index contributed by atoms with van der Waals surface area (Å²) >= 11 is 0. The number of nitrogens with zero attached hydrogens (tertiary/aromatic N) is 1. The number of benzene rings is 1. The Balaban J connectivity index is 3.05. The lowest BCUT2D eigenvalue weighted by Crippen LogP contribution is -2.36. The number of carboxylic acids is 1. The predicted octanol–water partition coefficient (Wildman–Crippen LogP) is 0.539. The fraction of sp³-hybridized carbons (Fsp3) is 0.182. The Bertz CT molecular complexity index is 564. The second-order valence-corrected chi connectivity index (χ2v) is 5.39. The average molecular weight is 270 g/mol. The zero-order valence-electron chi connectivity index (χ0n) is 9.99. The van der Waals surface area contributed by atoms with Gasteiger partial charge in [-0.3, -0.25) is 0 Å². The number of carboxylic acid groups (broad SMARTS) is 1. The molecule has 2 N–H and O–H groups in total. The van der Waals surface area contributed by atoms with Gasteiger partial charge in [0.1, 0.15) is 0 Å². The highest BCUT2D eigenvalue weighted by atomic mass is 32.2. The predicted molar refractivity (Wildman–Crippen MR) is 67.1 cm³/mol. The summed E-state index contributed by atoms with van der Waals surface area (Å²) in [4.78, 5) is 12.7. The zero-order valence-corrected chi connectivity index (χ0v) is 10.8. The lowest BCUT2D eigenvalue weighted by molar-refractivity contribution is -0.131. The molecule has 0 amide bonds. The number of hydrogen-bond acceptors (Lipinski definition) is 4. The molecule has 6 nitrogen and oxygen atoms in total. The molecule has 0 aliphatic heterocycles. The first-order chi connectivity index (χ1) is 8.31. The van der Waals surface area contributed by atoms with Crippen LogP contribution >= 0.6 is 0 Å². The van der Waals surface area contributed by atoms with Crippen LogP contribution in [0, 0.1) is 0 Å². The van der Waals surface area contributed by atoms with Crippen LogP contribution in [0.25, 0.3) is 6.08 Å². The average Bonchev–Trinajstić information content (AvgIpc) is 2.25. The molecule has 0 heterocycles.